The predicted molar refractivity (Wildman–Crippen MR) is 101 cm³/mol. The van der Waals surface area contributed by atoms with Crippen LogP contribution in [0.15, 0.2) is 63.0 Å². The largest absolute Gasteiger partial charge is 0.325 e. The zero-order valence-corrected chi connectivity index (χ0v) is 15.4. The Labute approximate surface area is 153 Å². The number of nitrogens with one attached hydrogen (secondary N) is 2. The van der Waals surface area contributed by atoms with Crippen LogP contribution < -0.4 is 10.7 Å². The summed E-state index contributed by atoms with van der Waals surface area (Å²) in [7, 11) is 0. The van der Waals surface area contributed by atoms with Gasteiger partial charge < -0.3 is 5.32 Å². The molecule has 0 radical (unpaired) electrons. The molecule has 0 aromatic heterocycles. The van der Waals surface area contributed by atoms with Crippen LogP contribution in [0.4, 0.5) is 5.69 Å². The highest BCUT2D eigenvalue weighted by molar-refractivity contribution is 9.10. The van der Waals surface area contributed by atoms with E-state index >= 15 is 0 Å². The number of hydrazone groups is 1. The van der Waals surface area contributed by atoms with Crippen molar-refractivity contribution in [3.8, 4) is 0 Å². The first-order valence-corrected chi connectivity index (χ1v) is 9.10. The second-order valence-corrected chi connectivity index (χ2v) is 6.51. The molecular formula is C17H16BrN3O2S. The molecule has 2 amide bonds. The highest BCUT2D eigenvalue weighted by Crippen LogP contribution is 2.21. The number of anilines is 1. The van der Waals surface area contributed by atoms with Gasteiger partial charge in [0.15, 0.2) is 0 Å². The lowest BCUT2D eigenvalue weighted by Gasteiger charge is -2.06. The van der Waals surface area contributed by atoms with Crippen molar-refractivity contribution in [3.63, 3.8) is 0 Å². The van der Waals surface area contributed by atoms with Crippen LogP contribution in [0, 0.1) is 0 Å². The maximum absolute atomic E-state index is 11.8. The van der Waals surface area contributed by atoms with Crippen molar-refractivity contribution in [2.24, 2.45) is 5.10 Å². The lowest BCUT2D eigenvalue weighted by Crippen LogP contribution is -2.24. The average Bonchev–Trinajstić information content (AvgIpc) is 2.57. The van der Waals surface area contributed by atoms with Crippen LogP contribution in [0.1, 0.15) is 12.0 Å². The van der Waals surface area contributed by atoms with Crippen LogP contribution in [0.5, 0.6) is 0 Å². The van der Waals surface area contributed by atoms with Gasteiger partial charge in [0, 0.05) is 9.37 Å². The molecule has 0 atom stereocenters. The number of para-hydroxylation sites is 1. The summed E-state index contributed by atoms with van der Waals surface area (Å²) in [4.78, 5) is 24.7. The quantitative estimate of drug-likeness (QED) is 0.333. The fraction of sp³-hybridized carbons (Fsp3) is 0.118. The lowest BCUT2D eigenvalue weighted by atomic mass is 10.2. The molecule has 0 saturated heterocycles. The van der Waals surface area contributed by atoms with Gasteiger partial charge in [-0.15, -0.1) is 11.8 Å². The number of halogens is 1. The van der Waals surface area contributed by atoms with E-state index in [0.717, 1.165) is 14.9 Å². The fourth-order valence-corrected chi connectivity index (χ4v) is 2.60. The average molecular weight is 406 g/mol. The molecule has 2 rings (SSSR count). The topological polar surface area (TPSA) is 70.6 Å². The first-order valence-electron chi connectivity index (χ1n) is 7.09. The summed E-state index contributed by atoms with van der Waals surface area (Å²) in [6, 6.07) is 14.9. The van der Waals surface area contributed by atoms with Gasteiger partial charge in [-0.2, -0.15) is 5.10 Å². The van der Waals surface area contributed by atoms with Gasteiger partial charge in [-0.3, -0.25) is 9.59 Å². The number of thioether (sulfide) groups is 1. The van der Waals surface area contributed by atoms with Gasteiger partial charge in [0.25, 0.3) is 0 Å². The van der Waals surface area contributed by atoms with Gasteiger partial charge in [0.1, 0.15) is 6.42 Å². The van der Waals surface area contributed by atoms with E-state index in [4.69, 9.17) is 0 Å². The molecule has 2 N–H and O–H groups in total. The van der Waals surface area contributed by atoms with Crippen molar-refractivity contribution in [1.82, 2.24) is 5.43 Å². The maximum atomic E-state index is 11.8. The van der Waals surface area contributed by atoms with Crippen LogP contribution >= 0.6 is 27.7 Å². The fourth-order valence-electron chi connectivity index (χ4n) is 1.81. The number of hydrogen-bond acceptors (Lipinski definition) is 4. The second-order valence-electron chi connectivity index (χ2n) is 4.77. The van der Waals surface area contributed by atoms with Crippen LogP contribution in [0.25, 0.3) is 0 Å². The Hall–Kier alpha value is -2.12. The Kier molecular flexibility index (Phi) is 7.02. The second kappa shape index (κ2) is 9.24. The molecule has 0 unspecified atom stereocenters. The molecule has 0 saturated carbocycles. The van der Waals surface area contributed by atoms with E-state index < -0.39 is 11.8 Å². The summed E-state index contributed by atoms with van der Waals surface area (Å²) in [6.45, 7) is 0. The minimum Gasteiger partial charge on any atom is -0.325 e. The van der Waals surface area contributed by atoms with Crippen molar-refractivity contribution in [1.29, 1.82) is 0 Å². The molecule has 0 fully saturated rings. The number of benzene rings is 2. The summed E-state index contributed by atoms with van der Waals surface area (Å²) in [5.41, 5.74) is 3.83. The highest BCUT2D eigenvalue weighted by Gasteiger charge is 2.10. The third kappa shape index (κ3) is 5.82. The smallest absolute Gasteiger partial charge is 0.249 e. The molecule has 0 aliphatic rings. The molecule has 5 nitrogen and oxygen atoms in total. The van der Waals surface area contributed by atoms with Gasteiger partial charge in [0.05, 0.1) is 11.9 Å². The zero-order valence-electron chi connectivity index (χ0n) is 13.0. The van der Waals surface area contributed by atoms with Crippen molar-refractivity contribution < 1.29 is 9.59 Å². The zero-order chi connectivity index (χ0) is 17.4. The number of carbonyl (C=O) groups is 2. The van der Waals surface area contributed by atoms with Crippen LogP contribution in [-0.2, 0) is 9.59 Å². The molecule has 2 aromatic rings. The van der Waals surface area contributed by atoms with Crippen molar-refractivity contribution in [2.75, 3.05) is 11.6 Å². The first kappa shape index (κ1) is 18.2. The summed E-state index contributed by atoms with van der Waals surface area (Å²) >= 11 is 4.98. The lowest BCUT2D eigenvalue weighted by molar-refractivity contribution is -0.126. The van der Waals surface area contributed by atoms with Gasteiger partial charge >= 0.3 is 0 Å². The van der Waals surface area contributed by atoms with E-state index in [1.54, 1.807) is 23.9 Å². The standard InChI is InChI=1S/C17H16BrN3O2S/c1-24-13-8-6-12(7-9-13)11-19-21-17(23)10-16(22)20-15-5-3-2-4-14(15)18/h2-9,11H,10H2,1H3,(H,20,22)(H,21,23). The number of hydrogen-bond donors (Lipinski definition) is 2. The molecule has 7 heteroatoms. The molecule has 0 aliphatic carbocycles. The molecular weight excluding hydrogens is 390 g/mol. The van der Waals surface area contributed by atoms with E-state index in [9.17, 15) is 9.59 Å². The predicted octanol–water partition coefficient (Wildman–Crippen LogP) is 3.65. The minimum atomic E-state index is -0.475. The first-order chi connectivity index (χ1) is 11.6. The molecule has 124 valence electrons. The number of nitrogens with zero attached hydrogens (tertiary/aromatic N) is 1. The van der Waals surface area contributed by atoms with E-state index in [1.807, 2.05) is 42.7 Å². The third-order valence-corrected chi connectivity index (χ3v) is 4.42. The summed E-state index contributed by atoms with van der Waals surface area (Å²) < 4.78 is 0.755. The summed E-state index contributed by atoms with van der Waals surface area (Å²) in [5.74, 6) is -0.879. The Morgan fingerprint density at radius 2 is 1.83 bits per heavy atom. The van der Waals surface area contributed by atoms with Gasteiger partial charge in [-0.1, -0.05) is 24.3 Å². The molecule has 0 bridgehead atoms. The number of amides is 2. The SMILES string of the molecule is CSc1ccc(C=NNC(=O)CC(=O)Nc2ccccc2Br)cc1. The number of carbonyl (C=O) groups excluding carboxylic acids is 2. The molecule has 0 heterocycles. The van der Waals surface area contributed by atoms with Crippen LogP contribution in [0.3, 0.4) is 0 Å². The Morgan fingerprint density at radius 1 is 1.12 bits per heavy atom. The van der Waals surface area contributed by atoms with E-state index in [2.05, 4.69) is 31.8 Å². The van der Waals surface area contributed by atoms with E-state index in [0.29, 0.717) is 5.69 Å². The molecule has 2 aromatic carbocycles. The van der Waals surface area contributed by atoms with Crippen LogP contribution in [0.2, 0.25) is 0 Å². The van der Waals surface area contributed by atoms with Gasteiger partial charge in [-0.05, 0) is 52.0 Å². The Morgan fingerprint density at radius 3 is 2.50 bits per heavy atom. The minimum absolute atomic E-state index is 0.302. The van der Waals surface area contributed by atoms with E-state index in [1.165, 1.54) is 6.21 Å². The summed E-state index contributed by atoms with van der Waals surface area (Å²) in [5, 5.41) is 6.52. The number of rotatable bonds is 6. The third-order valence-electron chi connectivity index (χ3n) is 2.99. The monoisotopic (exact) mass is 405 g/mol. The van der Waals surface area contributed by atoms with Crippen molar-refractivity contribution >= 4 is 51.4 Å². The van der Waals surface area contributed by atoms with Crippen molar-refractivity contribution in [2.45, 2.75) is 11.3 Å². The maximum Gasteiger partial charge on any atom is 0.249 e. The Bertz CT molecular complexity index is 748. The molecule has 0 spiro atoms. The molecule has 24 heavy (non-hydrogen) atoms. The highest BCUT2D eigenvalue weighted by atomic mass is 79.9. The van der Waals surface area contributed by atoms with Gasteiger partial charge in [-0.25, -0.2) is 5.43 Å². The molecule has 0 aliphatic heterocycles. The Balaban J connectivity index is 1.81. The normalized spacial score (nSPS) is 10.6. The summed E-state index contributed by atoms with van der Waals surface area (Å²) in [6.07, 6.45) is 3.24. The van der Waals surface area contributed by atoms with Crippen molar-refractivity contribution in [3.05, 3.63) is 58.6 Å². The van der Waals surface area contributed by atoms with Crippen LogP contribution in [-0.4, -0.2) is 24.3 Å². The van der Waals surface area contributed by atoms with Gasteiger partial charge in [0.2, 0.25) is 11.8 Å². The van der Waals surface area contributed by atoms with E-state index in [-0.39, 0.29) is 6.42 Å².